The molecule has 0 aliphatic carbocycles. The summed E-state index contributed by atoms with van der Waals surface area (Å²) in [6.45, 7) is 3.95. The summed E-state index contributed by atoms with van der Waals surface area (Å²) in [5.74, 6) is 0.738. The van der Waals surface area contributed by atoms with Crippen molar-refractivity contribution in [2.75, 3.05) is 13.7 Å². The van der Waals surface area contributed by atoms with Gasteiger partial charge in [0.2, 0.25) is 0 Å². The van der Waals surface area contributed by atoms with E-state index in [1.165, 1.54) is 0 Å². The SMILES string of the molecule is CCOCc1ncc(CNC)cn1. The molecule has 1 rings (SSSR count). The summed E-state index contributed by atoms with van der Waals surface area (Å²) in [5, 5.41) is 3.04. The number of rotatable bonds is 5. The van der Waals surface area contributed by atoms with Crippen LogP contribution in [0.5, 0.6) is 0 Å². The minimum atomic E-state index is 0.496. The Morgan fingerprint density at radius 3 is 2.62 bits per heavy atom. The smallest absolute Gasteiger partial charge is 0.153 e. The highest BCUT2D eigenvalue weighted by molar-refractivity contribution is 5.04. The summed E-state index contributed by atoms with van der Waals surface area (Å²) >= 11 is 0. The van der Waals surface area contributed by atoms with E-state index >= 15 is 0 Å². The average molecular weight is 181 g/mol. The Bertz CT molecular complexity index is 235. The molecule has 0 aliphatic heterocycles. The van der Waals surface area contributed by atoms with Crippen molar-refractivity contribution in [3.05, 3.63) is 23.8 Å². The molecule has 13 heavy (non-hydrogen) atoms. The first-order valence-corrected chi connectivity index (χ1v) is 4.39. The standard InChI is InChI=1S/C9H15N3O/c1-3-13-7-9-11-5-8(4-10-2)6-12-9/h5-6,10H,3-4,7H2,1-2H3. The van der Waals surface area contributed by atoms with Crippen molar-refractivity contribution >= 4 is 0 Å². The molecule has 1 N–H and O–H groups in total. The maximum Gasteiger partial charge on any atom is 0.153 e. The third kappa shape index (κ3) is 3.48. The second-order valence-electron chi connectivity index (χ2n) is 2.68. The second kappa shape index (κ2) is 5.61. The van der Waals surface area contributed by atoms with E-state index in [0.717, 1.165) is 17.9 Å². The molecule has 0 aromatic carbocycles. The van der Waals surface area contributed by atoms with Crippen LogP contribution in [-0.4, -0.2) is 23.6 Å². The van der Waals surface area contributed by atoms with E-state index < -0.39 is 0 Å². The molecule has 0 saturated carbocycles. The number of hydrogen-bond donors (Lipinski definition) is 1. The molecule has 0 aliphatic rings. The van der Waals surface area contributed by atoms with Gasteiger partial charge in [-0.3, -0.25) is 0 Å². The lowest BCUT2D eigenvalue weighted by atomic mass is 10.3. The van der Waals surface area contributed by atoms with Crippen molar-refractivity contribution in [3.63, 3.8) is 0 Å². The molecule has 1 aromatic rings. The predicted octanol–water partition coefficient (Wildman–Crippen LogP) is 0.732. The van der Waals surface area contributed by atoms with Gasteiger partial charge in [-0.05, 0) is 14.0 Å². The molecule has 4 nitrogen and oxygen atoms in total. The molecule has 1 heterocycles. The Hall–Kier alpha value is -1.00. The van der Waals surface area contributed by atoms with Gasteiger partial charge in [-0.25, -0.2) is 9.97 Å². The summed E-state index contributed by atoms with van der Waals surface area (Å²) in [7, 11) is 1.90. The fraction of sp³-hybridized carbons (Fsp3) is 0.556. The molecule has 0 bridgehead atoms. The maximum atomic E-state index is 5.18. The van der Waals surface area contributed by atoms with Gasteiger partial charge in [-0.15, -0.1) is 0 Å². The Balaban J connectivity index is 2.48. The molecule has 0 fully saturated rings. The lowest BCUT2D eigenvalue weighted by molar-refractivity contribution is 0.128. The quantitative estimate of drug-likeness (QED) is 0.727. The van der Waals surface area contributed by atoms with Crippen molar-refractivity contribution in [2.24, 2.45) is 0 Å². The van der Waals surface area contributed by atoms with E-state index in [4.69, 9.17) is 4.74 Å². The average Bonchev–Trinajstić information content (AvgIpc) is 2.17. The van der Waals surface area contributed by atoms with Gasteiger partial charge in [-0.2, -0.15) is 0 Å². The van der Waals surface area contributed by atoms with E-state index in [9.17, 15) is 0 Å². The summed E-state index contributed by atoms with van der Waals surface area (Å²) < 4.78 is 5.18. The lowest BCUT2D eigenvalue weighted by Gasteiger charge is -2.01. The van der Waals surface area contributed by atoms with Crippen LogP contribution in [0.4, 0.5) is 0 Å². The Morgan fingerprint density at radius 1 is 1.38 bits per heavy atom. The van der Waals surface area contributed by atoms with Gasteiger partial charge in [0.15, 0.2) is 5.82 Å². The first-order valence-electron chi connectivity index (χ1n) is 4.39. The first-order chi connectivity index (χ1) is 6.36. The zero-order chi connectivity index (χ0) is 9.52. The van der Waals surface area contributed by atoms with Crippen LogP contribution in [0.2, 0.25) is 0 Å². The molecule has 0 unspecified atom stereocenters. The molecule has 0 radical (unpaired) electrons. The van der Waals surface area contributed by atoms with Crippen LogP contribution >= 0.6 is 0 Å². The fourth-order valence-electron chi connectivity index (χ4n) is 0.945. The highest BCUT2D eigenvalue weighted by Crippen LogP contribution is 1.96. The van der Waals surface area contributed by atoms with Crippen molar-refractivity contribution in [1.82, 2.24) is 15.3 Å². The summed E-state index contributed by atoms with van der Waals surface area (Å²) in [5.41, 5.74) is 1.09. The molecule has 72 valence electrons. The normalized spacial score (nSPS) is 10.3. The molecule has 1 aromatic heterocycles. The molecule has 0 saturated heterocycles. The topological polar surface area (TPSA) is 47.0 Å². The van der Waals surface area contributed by atoms with Gasteiger partial charge in [0.05, 0.1) is 0 Å². The van der Waals surface area contributed by atoms with Gasteiger partial charge < -0.3 is 10.1 Å². The van der Waals surface area contributed by atoms with Gasteiger partial charge in [0, 0.05) is 31.1 Å². The van der Waals surface area contributed by atoms with Crippen LogP contribution in [0, 0.1) is 0 Å². The summed E-state index contributed by atoms with van der Waals surface area (Å²) in [6.07, 6.45) is 3.63. The van der Waals surface area contributed by atoms with Crippen LogP contribution < -0.4 is 5.32 Å². The van der Waals surface area contributed by atoms with Gasteiger partial charge >= 0.3 is 0 Å². The van der Waals surface area contributed by atoms with Crippen LogP contribution in [0.3, 0.4) is 0 Å². The highest BCUT2D eigenvalue weighted by Gasteiger charge is 1.96. The summed E-state index contributed by atoms with van der Waals surface area (Å²) in [6, 6.07) is 0. The number of hydrogen-bond acceptors (Lipinski definition) is 4. The molecule has 0 atom stereocenters. The zero-order valence-corrected chi connectivity index (χ0v) is 8.08. The van der Waals surface area contributed by atoms with Crippen LogP contribution in [0.1, 0.15) is 18.3 Å². The van der Waals surface area contributed by atoms with E-state index in [1.807, 2.05) is 26.4 Å². The monoisotopic (exact) mass is 181 g/mol. The molecule has 0 amide bonds. The van der Waals surface area contributed by atoms with E-state index in [2.05, 4.69) is 15.3 Å². The Morgan fingerprint density at radius 2 is 2.08 bits per heavy atom. The maximum absolute atomic E-state index is 5.18. The molecular formula is C9H15N3O. The van der Waals surface area contributed by atoms with E-state index in [-0.39, 0.29) is 0 Å². The predicted molar refractivity (Wildman–Crippen MR) is 50.1 cm³/mol. The van der Waals surface area contributed by atoms with E-state index in [0.29, 0.717) is 13.2 Å². The molecule has 0 spiro atoms. The van der Waals surface area contributed by atoms with Gasteiger partial charge in [0.25, 0.3) is 0 Å². The van der Waals surface area contributed by atoms with Crippen LogP contribution in [-0.2, 0) is 17.9 Å². The number of ether oxygens (including phenoxy) is 1. The van der Waals surface area contributed by atoms with Gasteiger partial charge in [0.1, 0.15) is 6.61 Å². The van der Waals surface area contributed by atoms with E-state index in [1.54, 1.807) is 0 Å². The number of nitrogens with zero attached hydrogens (tertiary/aromatic N) is 2. The number of nitrogens with one attached hydrogen (secondary N) is 1. The van der Waals surface area contributed by atoms with Crippen LogP contribution in [0.15, 0.2) is 12.4 Å². The minimum Gasteiger partial charge on any atom is -0.374 e. The Kier molecular flexibility index (Phi) is 4.35. The molecular weight excluding hydrogens is 166 g/mol. The molecule has 4 heteroatoms. The van der Waals surface area contributed by atoms with Gasteiger partial charge in [-0.1, -0.05) is 0 Å². The summed E-state index contributed by atoms with van der Waals surface area (Å²) in [4.78, 5) is 8.32. The first kappa shape index (κ1) is 10.1. The van der Waals surface area contributed by atoms with Crippen LogP contribution in [0.25, 0.3) is 0 Å². The lowest BCUT2D eigenvalue weighted by Crippen LogP contribution is -2.07. The minimum absolute atomic E-state index is 0.496. The second-order valence-corrected chi connectivity index (χ2v) is 2.68. The fourth-order valence-corrected chi connectivity index (χ4v) is 0.945. The zero-order valence-electron chi connectivity index (χ0n) is 8.08. The largest absolute Gasteiger partial charge is 0.374 e. The van der Waals surface area contributed by atoms with Crippen molar-refractivity contribution in [2.45, 2.75) is 20.1 Å². The number of aromatic nitrogens is 2. The highest BCUT2D eigenvalue weighted by atomic mass is 16.5. The third-order valence-electron chi connectivity index (χ3n) is 1.57. The third-order valence-corrected chi connectivity index (χ3v) is 1.57. The van der Waals surface area contributed by atoms with Crippen molar-refractivity contribution in [3.8, 4) is 0 Å². The van der Waals surface area contributed by atoms with Crippen molar-refractivity contribution in [1.29, 1.82) is 0 Å². The Labute approximate surface area is 78.4 Å². The van der Waals surface area contributed by atoms with Crippen molar-refractivity contribution < 1.29 is 4.74 Å².